The van der Waals surface area contributed by atoms with Crippen LogP contribution in [0.4, 0.5) is 5.69 Å². The molecule has 0 unspecified atom stereocenters. The molecule has 0 spiro atoms. The smallest absolute Gasteiger partial charge is 0.261 e. The molecule has 0 saturated heterocycles. The fourth-order valence-electron chi connectivity index (χ4n) is 1.82. The molecule has 108 valence electrons. The van der Waals surface area contributed by atoms with Crippen LogP contribution in [0.25, 0.3) is 11.1 Å². The fraction of sp³-hybridized carbons (Fsp3) is 0.0714. The van der Waals surface area contributed by atoms with Gasteiger partial charge in [0, 0.05) is 22.9 Å². The first-order chi connectivity index (χ1) is 9.91. The van der Waals surface area contributed by atoms with Crippen LogP contribution in [0.15, 0.2) is 61.9 Å². The van der Waals surface area contributed by atoms with Crippen molar-refractivity contribution in [2.75, 3.05) is 12.0 Å². The molecule has 0 fully saturated rings. The summed E-state index contributed by atoms with van der Waals surface area (Å²) < 4.78 is 28.4. The molecule has 5 nitrogen and oxygen atoms in total. The number of aromatic nitrogens is 1. The van der Waals surface area contributed by atoms with Gasteiger partial charge in [-0.2, -0.15) is 0 Å². The Morgan fingerprint density at radius 1 is 1.14 bits per heavy atom. The second kappa shape index (κ2) is 5.09. The number of hydrogen-bond acceptors (Lipinski definition) is 6. The van der Waals surface area contributed by atoms with Crippen LogP contribution in [-0.2, 0) is 9.84 Å². The predicted octanol–water partition coefficient (Wildman–Crippen LogP) is 2.96. The van der Waals surface area contributed by atoms with Crippen molar-refractivity contribution >= 4 is 38.4 Å². The van der Waals surface area contributed by atoms with E-state index >= 15 is 0 Å². The summed E-state index contributed by atoms with van der Waals surface area (Å²) in [5, 5.41) is 0.489. The maximum Gasteiger partial charge on any atom is 0.261 e. The Morgan fingerprint density at radius 2 is 1.86 bits per heavy atom. The van der Waals surface area contributed by atoms with Crippen molar-refractivity contribution in [3.05, 3.63) is 42.5 Å². The summed E-state index contributed by atoms with van der Waals surface area (Å²) in [5.74, 6) is 0. The molecule has 1 aromatic heterocycles. The van der Waals surface area contributed by atoms with E-state index in [1.807, 2.05) is 0 Å². The lowest BCUT2D eigenvalue weighted by Gasteiger charge is -2.00. The van der Waals surface area contributed by atoms with Crippen molar-refractivity contribution in [1.29, 1.82) is 0 Å². The van der Waals surface area contributed by atoms with E-state index in [9.17, 15) is 8.42 Å². The van der Waals surface area contributed by atoms with Gasteiger partial charge in [0.2, 0.25) is 0 Å². The molecule has 0 aliphatic carbocycles. The summed E-state index contributed by atoms with van der Waals surface area (Å²) in [6, 6.07) is 11.9. The summed E-state index contributed by atoms with van der Waals surface area (Å²) in [7, 11) is -3.18. The maximum atomic E-state index is 11.4. The highest BCUT2D eigenvalue weighted by molar-refractivity contribution is 7.99. The molecule has 21 heavy (non-hydrogen) atoms. The zero-order valence-electron chi connectivity index (χ0n) is 11.1. The predicted molar refractivity (Wildman–Crippen MR) is 82.1 cm³/mol. The Labute approximate surface area is 126 Å². The molecule has 2 N–H and O–H groups in total. The van der Waals surface area contributed by atoms with Gasteiger partial charge in [0.15, 0.2) is 15.4 Å². The van der Waals surface area contributed by atoms with Gasteiger partial charge in [-0.1, -0.05) is 0 Å². The summed E-state index contributed by atoms with van der Waals surface area (Å²) in [6.45, 7) is 0. The van der Waals surface area contributed by atoms with Gasteiger partial charge in [0.25, 0.3) is 5.22 Å². The zero-order chi connectivity index (χ0) is 15.0. The van der Waals surface area contributed by atoms with Gasteiger partial charge in [-0.25, -0.2) is 13.4 Å². The largest absolute Gasteiger partial charge is 0.431 e. The first kappa shape index (κ1) is 14.0. The second-order valence-corrected chi connectivity index (χ2v) is 7.59. The van der Waals surface area contributed by atoms with Gasteiger partial charge in [0.1, 0.15) is 5.52 Å². The average Bonchev–Trinajstić information content (AvgIpc) is 2.79. The molecular weight excluding hydrogens is 308 g/mol. The third-order valence-electron chi connectivity index (χ3n) is 2.85. The Kier molecular flexibility index (Phi) is 3.38. The minimum atomic E-state index is -3.18. The molecule has 0 saturated carbocycles. The lowest BCUT2D eigenvalue weighted by atomic mass is 10.3. The maximum absolute atomic E-state index is 11.4. The minimum Gasteiger partial charge on any atom is -0.431 e. The normalized spacial score (nSPS) is 11.9. The molecule has 3 rings (SSSR count). The molecular formula is C14H12N2O3S2. The number of anilines is 1. The van der Waals surface area contributed by atoms with Crippen molar-refractivity contribution in [3.63, 3.8) is 0 Å². The van der Waals surface area contributed by atoms with E-state index in [0.717, 1.165) is 10.4 Å². The molecule has 0 bridgehead atoms. The Hall–Kier alpha value is -1.99. The van der Waals surface area contributed by atoms with Crippen molar-refractivity contribution in [1.82, 2.24) is 4.98 Å². The summed E-state index contributed by atoms with van der Waals surface area (Å²) in [4.78, 5) is 5.48. The molecule has 0 aliphatic heterocycles. The number of benzene rings is 2. The van der Waals surface area contributed by atoms with Crippen LogP contribution >= 0.6 is 11.8 Å². The first-order valence-electron chi connectivity index (χ1n) is 6.06. The minimum absolute atomic E-state index is 0.289. The van der Waals surface area contributed by atoms with E-state index in [2.05, 4.69) is 4.98 Å². The third kappa shape index (κ3) is 3.03. The number of nitrogens with two attached hydrogens (primary N) is 1. The van der Waals surface area contributed by atoms with Gasteiger partial charge < -0.3 is 10.2 Å². The van der Waals surface area contributed by atoms with Crippen molar-refractivity contribution in [3.8, 4) is 0 Å². The molecule has 0 amide bonds. The number of oxazole rings is 1. The topological polar surface area (TPSA) is 86.2 Å². The van der Waals surface area contributed by atoms with Crippen LogP contribution < -0.4 is 5.73 Å². The number of nitrogens with zero attached hydrogens (tertiary/aromatic N) is 1. The van der Waals surface area contributed by atoms with E-state index in [4.69, 9.17) is 10.2 Å². The molecule has 0 radical (unpaired) electrons. The van der Waals surface area contributed by atoms with Gasteiger partial charge >= 0.3 is 0 Å². The van der Waals surface area contributed by atoms with Crippen LogP contribution in [0.2, 0.25) is 0 Å². The van der Waals surface area contributed by atoms with Gasteiger partial charge in [-0.3, -0.25) is 0 Å². The second-order valence-electron chi connectivity index (χ2n) is 4.55. The molecule has 7 heteroatoms. The Bertz CT molecular complexity index is 900. The average molecular weight is 320 g/mol. The molecule has 0 atom stereocenters. The zero-order valence-corrected chi connectivity index (χ0v) is 12.7. The SMILES string of the molecule is CS(=O)(=O)c1ccc(Sc2nc3ccc(N)cc3o2)cc1. The highest BCUT2D eigenvalue weighted by atomic mass is 32.2. The standard InChI is InChI=1S/C14H12N2O3S2/c1-21(17,18)11-5-3-10(4-6-11)20-14-16-12-7-2-9(15)8-13(12)19-14/h2-8H,15H2,1H3. The monoisotopic (exact) mass is 320 g/mol. The molecule has 2 aromatic carbocycles. The van der Waals surface area contributed by atoms with E-state index in [0.29, 0.717) is 16.5 Å². The highest BCUT2D eigenvalue weighted by Crippen LogP contribution is 2.31. The number of nitrogen functional groups attached to an aromatic ring is 1. The van der Waals surface area contributed by atoms with Gasteiger partial charge in [0.05, 0.1) is 4.90 Å². The van der Waals surface area contributed by atoms with Crippen LogP contribution in [0, 0.1) is 0 Å². The molecule has 3 aromatic rings. The number of hydrogen-bond donors (Lipinski definition) is 1. The number of fused-ring (bicyclic) bond motifs is 1. The fourth-order valence-corrected chi connectivity index (χ4v) is 3.20. The van der Waals surface area contributed by atoms with Gasteiger partial charge in [-0.05, 0) is 48.2 Å². The van der Waals surface area contributed by atoms with E-state index in [-0.39, 0.29) is 4.90 Å². The van der Waals surface area contributed by atoms with Gasteiger partial charge in [-0.15, -0.1) is 0 Å². The summed E-state index contributed by atoms with van der Waals surface area (Å²) in [5.41, 5.74) is 7.68. The highest BCUT2D eigenvalue weighted by Gasteiger charge is 2.10. The quantitative estimate of drug-likeness (QED) is 0.747. The van der Waals surface area contributed by atoms with Crippen molar-refractivity contribution < 1.29 is 12.8 Å². The van der Waals surface area contributed by atoms with Crippen molar-refractivity contribution in [2.24, 2.45) is 0 Å². The van der Waals surface area contributed by atoms with Crippen LogP contribution in [0.5, 0.6) is 0 Å². The van der Waals surface area contributed by atoms with Crippen LogP contribution in [-0.4, -0.2) is 19.7 Å². The van der Waals surface area contributed by atoms with E-state index in [1.54, 1.807) is 42.5 Å². The summed E-state index contributed by atoms with van der Waals surface area (Å²) in [6.07, 6.45) is 1.18. The molecule has 0 aliphatic rings. The number of sulfone groups is 1. The first-order valence-corrected chi connectivity index (χ1v) is 8.77. The lowest BCUT2D eigenvalue weighted by molar-refractivity contribution is 0.489. The Balaban J connectivity index is 1.88. The Morgan fingerprint density at radius 3 is 2.52 bits per heavy atom. The van der Waals surface area contributed by atoms with Crippen LogP contribution in [0.3, 0.4) is 0 Å². The third-order valence-corrected chi connectivity index (χ3v) is 4.84. The summed E-state index contributed by atoms with van der Waals surface area (Å²) >= 11 is 1.33. The van der Waals surface area contributed by atoms with E-state index in [1.165, 1.54) is 18.0 Å². The molecule has 1 heterocycles. The lowest BCUT2D eigenvalue weighted by Crippen LogP contribution is -1.95. The van der Waals surface area contributed by atoms with E-state index < -0.39 is 9.84 Å². The van der Waals surface area contributed by atoms with Crippen LogP contribution in [0.1, 0.15) is 0 Å². The van der Waals surface area contributed by atoms with Crippen molar-refractivity contribution in [2.45, 2.75) is 15.0 Å². The number of rotatable bonds is 3.